The van der Waals surface area contributed by atoms with Gasteiger partial charge in [-0.2, -0.15) is 13.2 Å². The van der Waals surface area contributed by atoms with Crippen LogP contribution in [0.1, 0.15) is 54.7 Å². The van der Waals surface area contributed by atoms with Gasteiger partial charge < -0.3 is 9.80 Å². The first kappa shape index (κ1) is 23.0. The van der Waals surface area contributed by atoms with Gasteiger partial charge in [-0.05, 0) is 62.8 Å². The summed E-state index contributed by atoms with van der Waals surface area (Å²) >= 11 is 0. The molecular formula is C23H26F3N5O2. The second-order valence-corrected chi connectivity index (χ2v) is 8.44. The highest BCUT2D eigenvalue weighted by Gasteiger charge is 2.32. The third-order valence-corrected chi connectivity index (χ3v) is 6.05. The molecule has 0 amide bonds. The van der Waals surface area contributed by atoms with Gasteiger partial charge >= 0.3 is 11.9 Å². The number of benzene rings is 1. The summed E-state index contributed by atoms with van der Waals surface area (Å²) in [4.78, 5) is 24.3. The number of nitro groups is 1. The van der Waals surface area contributed by atoms with Gasteiger partial charge in [0.1, 0.15) is 11.5 Å². The van der Waals surface area contributed by atoms with E-state index >= 15 is 0 Å². The van der Waals surface area contributed by atoms with Crippen LogP contribution in [0.15, 0.2) is 24.3 Å². The van der Waals surface area contributed by atoms with Crippen LogP contribution in [0.2, 0.25) is 0 Å². The Morgan fingerprint density at radius 1 is 1.06 bits per heavy atom. The van der Waals surface area contributed by atoms with Crippen LogP contribution in [0.25, 0.3) is 11.8 Å². The Morgan fingerprint density at radius 3 is 2.36 bits per heavy atom. The lowest BCUT2D eigenvalue weighted by Gasteiger charge is -2.28. The molecule has 2 fully saturated rings. The van der Waals surface area contributed by atoms with Gasteiger partial charge in [0.15, 0.2) is 0 Å². The van der Waals surface area contributed by atoms with Crippen molar-refractivity contribution in [3.05, 3.63) is 57.0 Å². The van der Waals surface area contributed by atoms with E-state index in [0.717, 1.165) is 44.2 Å². The summed E-state index contributed by atoms with van der Waals surface area (Å²) in [5.74, 6) is 0.667. The van der Waals surface area contributed by atoms with Crippen LogP contribution in [-0.4, -0.2) is 46.0 Å². The van der Waals surface area contributed by atoms with Crippen molar-refractivity contribution in [1.29, 1.82) is 0 Å². The Morgan fingerprint density at radius 2 is 1.73 bits per heavy atom. The fraction of sp³-hybridized carbons (Fsp3) is 0.478. The minimum atomic E-state index is -4.48. The first-order valence-electron chi connectivity index (χ1n) is 11.2. The van der Waals surface area contributed by atoms with E-state index in [4.69, 9.17) is 0 Å². The van der Waals surface area contributed by atoms with E-state index in [0.29, 0.717) is 43.3 Å². The van der Waals surface area contributed by atoms with Crippen LogP contribution < -0.4 is 4.90 Å². The molecule has 0 unspecified atom stereocenters. The average Bonchev–Trinajstić information content (AvgIpc) is 3.31. The fourth-order valence-corrected chi connectivity index (χ4v) is 4.47. The van der Waals surface area contributed by atoms with E-state index < -0.39 is 16.7 Å². The molecule has 0 saturated carbocycles. The lowest BCUT2D eigenvalue weighted by molar-refractivity contribution is -0.384. The largest absolute Gasteiger partial charge is 0.416 e. The van der Waals surface area contributed by atoms with Gasteiger partial charge in [0.25, 0.3) is 0 Å². The minimum Gasteiger partial charge on any atom is -0.371 e. The van der Waals surface area contributed by atoms with Gasteiger partial charge in [0, 0.05) is 31.9 Å². The number of hydrogen-bond donors (Lipinski definition) is 0. The van der Waals surface area contributed by atoms with Crippen LogP contribution in [-0.2, 0) is 6.18 Å². The molecule has 2 aliphatic heterocycles. The molecular weight excluding hydrogens is 435 g/mol. The molecule has 3 heterocycles. The zero-order valence-corrected chi connectivity index (χ0v) is 18.4. The van der Waals surface area contributed by atoms with E-state index in [1.165, 1.54) is 6.07 Å². The number of hydrogen-bond acceptors (Lipinski definition) is 6. The van der Waals surface area contributed by atoms with Crippen molar-refractivity contribution >= 4 is 23.3 Å². The molecule has 2 aromatic rings. The normalized spacial score (nSPS) is 17.5. The van der Waals surface area contributed by atoms with Crippen molar-refractivity contribution in [2.24, 2.45) is 0 Å². The van der Waals surface area contributed by atoms with Crippen molar-refractivity contribution in [2.75, 3.05) is 31.1 Å². The highest BCUT2D eigenvalue weighted by molar-refractivity contribution is 5.84. The van der Waals surface area contributed by atoms with E-state index in [9.17, 15) is 23.3 Å². The van der Waals surface area contributed by atoms with Crippen molar-refractivity contribution in [1.82, 2.24) is 14.9 Å². The van der Waals surface area contributed by atoms with Gasteiger partial charge in [0.2, 0.25) is 5.82 Å². The predicted molar refractivity (Wildman–Crippen MR) is 120 cm³/mol. The number of alkyl halides is 3. The van der Waals surface area contributed by atoms with E-state index in [-0.39, 0.29) is 17.2 Å². The van der Waals surface area contributed by atoms with Gasteiger partial charge in [-0.25, -0.2) is 9.97 Å². The molecule has 1 aromatic carbocycles. The number of likely N-dealkylation sites (tertiary alicyclic amines) is 1. The topological polar surface area (TPSA) is 75.4 Å². The van der Waals surface area contributed by atoms with Crippen LogP contribution in [0.4, 0.5) is 24.7 Å². The SMILES string of the molecule is Cc1nc(/C=C(/c2cccc(C(F)(F)F)c2)N2CCCC2)c([N+](=O)[O-])c(N2CCCCC2)n1. The molecule has 0 atom stereocenters. The summed E-state index contributed by atoms with van der Waals surface area (Å²) in [7, 11) is 0. The summed E-state index contributed by atoms with van der Waals surface area (Å²) < 4.78 is 40.1. The lowest BCUT2D eigenvalue weighted by Crippen LogP contribution is -2.31. The lowest BCUT2D eigenvalue weighted by atomic mass is 10.0. The number of aromatic nitrogens is 2. The maximum atomic E-state index is 13.4. The third kappa shape index (κ3) is 5.09. The molecule has 0 bridgehead atoms. The summed E-state index contributed by atoms with van der Waals surface area (Å²) in [6, 6.07) is 5.08. The van der Waals surface area contributed by atoms with Crippen molar-refractivity contribution < 1.29 is 18.1 Å². The predicted octanol–water partition coefficient (Wildman–Crippen LogP) is 5.30. The number of nitrogens with zero attached hydrogens (tertiary/aromatic N) is 5. The Bertz CT molecular complexity index is 1060. The monoisotopic (exact) mass is 461 g/mol. The summed E-state index contributed by atoms with van der Waals surface area (Å²) in [6.07, 6.45) is 1.80. The first-order valence-corrected chi connectivity index (χ1v) is 11.2. The Hall–Kier alpha value is -3.17. The molecule has 0 aliphatic carbocycles. The Labute approximate surface area is 190 Å². The van der Waals surface area contributed by atoms with E-state index in [1.54, 1.807) is 19.1 Å². The van der Waals surface area contributed by atoms with Gasteiger partial charge in [-0.15, -0.1) is 0 Å². The van der Waals surface area contributed by atoms with E-state index in [1.807, 2.05) is 9.80 Å². The number of rotatable bonds is 5. The fourth-order valence-electron chi connectivity index (χ4n) is 4.47. The van der Waals surface area contributed by atoms with Crippen LogP contribution in [0.5, 0.6) is 0 Å². The van der Waals surface area contributed by atoms with Crippen molar-refractivity contribution in [3.63, 3.8) is 0 Å². The number of aryl methyl sites for hydroxylation is 1. The van der Waals surface area contributed by atoms with Gasteiger partial charge in [-0.1, -0.05) is 12.1 Å². The molecule has 2 aliphatic rings. The smallest absolute Gasteiger partial charge is 0.371 e. The second kappa shape index (κ2) is 9.36. The number of piperidine rings is 1. The molecule has 10 heteroatoms. The maximum absolute atomic E-state index is 13.4. The number of halogens is 3. The first-order chi connectivity index (χ1) is 15.7. The summed E-state index contributed by atoms with van der Waals surface area (Å²) in [5.41, 5.74) is 0.0206. The Kier molecular flexibility index (Phi) is 6.53. The molecule has 1 aromatic heterocycles. The summed E-state index contributed by atoms with van der Waals surface area (Å²) in [5, 5.41) is 12.1. The summed E-state index contributed by atoms with van der Waals surface area (Å²) in [6.45, 7) is 4.35. The third-order valence-electron chi connectivity index (χ3n) is 6.05. The zero-order chi connectivity index (χ0) is 23.6. The molecule has 7 nitrogen and oxygen atoms in total. The van der Waals surface area contributed by atoms with Crippen LogP contribution in [0.3, 0.4) is 0 Å². The average molecular weight is 461 g/mol. The maximum Gasteiger partial charge on any atom is 0.416 e. The van der Waals surface area contributed by atoms with Crippen molar-refractivity contribution in [2.45, 2.75) is 45.2 Å². The zero-order valence-electron chi connectivity index (χ0n) is 18.4. The molecule has 4 rings (SSSR count). The second-order valence-electron chi connectivity index (χ2n) is 8.44. The minimum absolute atomic E-state index is 0.118. The van der Waals surface area contributed by atoms with Crippen LogP contribution in [0, 0.1) is 17.0 Å². The molecule has 33 heavy (non-hydrogen) atoms. The molecule has 2 saturated heterocycles. The highest BCUT2D eigenvalue weighted by Crippen LogP contribution is 2.36. The molecule has 0 N–H and O–H groups in total. The van der Waals surface area contributed by atoms with Gasteiger partial charge in [0.05, 0.1) is 10.5 Å². The molecule has 0 spiro atoms. The number of anilines is 1. The van der Waals surface area contributed by atoms with Crippen LogP contribution >= 0.6 is 0 Å². The molecule has 0 radical (unpaired) electrons. The molecule has 176 valence electrons. The standard InChI is InChI=1S/C23H26F3N5O2/c1-16-27-19(21(31(32)33)22(28-16)30-12-3-2-4-13-30)15-20(29-10-5-6-11-29)17-8-7-9-18(14-17)23(24,25)26/h7-9,14-15H,2-6,10-13H2,1H3/b20-15-. The van der Waals surface area contributed by atoms with Crippen molar-refractivity contribution in [3.8, 4) is 0 Å². The Balaban J connectivity index is 1.87. The van der Waals surface area contributed by atoms with Gasteiger partial charge in [-0.3, -0.25) is 10.1 Å². The van der Waals surface area contributed by atoms with E-state index in [2.05, 4.69) is 9.97 Å². The quantitative estimate of drug-likeness (QED) is 0.445. The highest BCUT2D eigenvalue weighted by atomic mass is 19.4.